The maximum atomic E-state index is 12.8. The topological polar surface area (TPSA) is 137 Å². The molecule has 0 spiro atoms. The molecule has 9 nitrogen and oxygen atoms in total. The van der Waals surface area contributed by atoms with Gasteiger partial charge < -0.3 is 15.8 Å². The molecule has 1 aromatic rings. The van der Waals surface area contributed by atoms with E-state index in [1.165, 1.54) is 0 Å². The van der Waals surface area contributed by atoms with Gasteiger partial charge in [0.25, 0.3) is 0 Å². The summed E-state index contributed by atoms with van der Waals surface area (Å²) in [6.45, 7) is 8.75. The van der Waals surface area contributed by atoms with Crippen LogP contribution in [0.3, 0.4) is 0 Å². The van der Waals surface area contributed by atoms with E-state index in [-0.39, 0.29) is 18.9 Å². The van der Waals surface area contributed by atoms with E-state index >= 15 is 0 Å². The molecule has 172 valence electrons. The molecule has 1 unspecified atom stereocenters. The van der Waals surface area contributed by atoms with Gasteiger partial charge in [-0.1, -0.05) is 44.2 Å². The summed E-state index contributed by atoms with van der Waals surface area (Å²) in [7, 11) is 0. The van der Waals surface area contributed by atoms with E-state index in [0.717, 1.165) is 5.56 Å². The number of carbonyl (C=O) groups is 4. The van der Waals surface area contributed by atoms with E-state index in [4.69, 9.17) is 15.3 Å². The van der Waals surface area contributed by atoms with Crippen molar-refractivity contribution < 1.29 is 28.8 Å². The molecule has 0 bridgehead atoms. The van der Waals surface area contributed by atoms with Gasteiger partial charge in [0.2, 0.25) is 17.7 Å². The molecule has 0 saturated heterocycles. The van der Waals surface area contributed by atoms with Gasteiger partial charge in [0.05, 0.1) is 13.0 Å². The molecule has 1 rings (SSSR count). The van der Waals surface area contributed by atoms with Crippen molar-refractivity contribution in [3.8, 4) is 0 Å². The maximum absolute atomic E-state index is 12.8. The van der Waals surface area contributed by atoms with Crippen LogP contribution < -0.4 is 16.5 Å². The van der Waals surface area contributed by atoms with Crippen molar-refractivity contribution in [3.05, 3.63) is 35.9 Å². The Hall–Kier alpha value is -2.94. The Balaban J connectivity index is 2.71. The van der Waals surface area contributed by atoms with Crippen molar-refractivity contribution in [2.75, 3.05) is 0 Å². The van der Waals surface area contributed by atoms with Crippen LogP contribution in [0.2, 0.25) is 0 Å². The van der Waals surface area contributed by atoms with Gasteiger partial charge in [-0.3, -0.25) is 19.2 Å². The molecule has 0 heterocycles. The van der Waals surface area contributed by atoms with E-state index in [0.29, 0.717) is 0 Å². The lowest BCUT2D eigenvalue weighted by atomic mass is 9.91. The van der Waals surface area contributed by atoms with E-state index in [1.54, 1.807) is 34.6 Å². The number of hydrogen-bond acceptors (Lipinski definition) is 6. The Morgan fingerprint density at radius 1 is 1.03 bits per heavy atom. The van der Waals surface area contributed by atoms with Gasteiger partial charge in [0.1, 0.15) is 11.6 Å². The summed E-state index contributed by atoms with van der Waals surface area (Å²) in [4.78, 5) is 54.0. The molecule has 31 heavy (non-hydrogen) atoms. The van der Waals surface area contributed by atoms with E-state index in [2.05, 4.69) is 10.8 Å². The van der Waals surface area contributed by atoms with Crippen LogP contribution in [0, 0.1) is 11.8 Å². The van der Waals surface area contributed by atoms with Crippen molar-refractivity contribution in [2.24, 2.45) is 17.6 Å². The number of ether oxygens (including phenoxy) is 1. The van der Waals surface area contributed by atoms with Crippen molar-refractivity contribution >= 4 is 23.7 Å². The van der Waals surface area contributed by atoms with Crippen molar-refractivity contribution in [3.63, 3.8) is 0 Å². The Kier molecular flexibility index (Phi) is 10.1. The zero-order chi connectivity index (χ0) is 23.6. The summed E-state index contributed by atoms with van der Waals surface area (Å²) >= 11 is 0. The SMILES string of the molecule is CC(C)C(CC(=O)NOCc1ccccc1)C(=O)N[C@@H](CC(N)=O)C(=O)OC(C)(C)C. The van der Waals surface area contributed by atoms with Crippen LogP contribution in [-0.2, 0) is 35.4 Å². The summed E-state index contributed by atoms with van der Waals surface area (Å²) in [5, 5.41) is 2.50. The van der Waals surface area contributed by atoms with Crippen LogP contribution in [0.4, 0.5) is 0 Å². The first-order valence-corrected chi connectivity index (χ1v) is 10.1. The van der Waals surface area contributed by atoms with Crippen LogP contribution >= 0.6 is 0 Å². The lowest BCUT2D eigenvalue weighted by Gasteiger charge is -2.26. The summed E-state index contributed by atoms with van der Waals surface area (Å²) in [6.07, 6.45) is -0.562. The third kappa shape index (κ3) is 10.6. The van der Waals surface area contributed by atoms with Gasteiger partial charge in [-0.05, 0) is 32.3 Å². The predicted octanol–water partition coefficient (Wildman–Crippen LogP) is 1.60. The molecule has 0 radical (unpaired) electrons. The minimum absolute atomic E-state index is 0.157. The van der Waals surface area contributed by atoms with Gasteiger partial charge >= 0.3 is 5.97 Å². The van der Waals surface area contributed by atoms with Crippen molar-refractivity contribution in [1.29, 1.82) is 0 Å². The van der Waals surface area contributed by atoms with Gasteiger partial charge in [-0.25, -0.2) is 10.3 Å². The third-order valence-corrected chi connectivity index (χ3v) is 4.23. The Labute approximate surface area is 183 Å². The lowest BCUT2D eigenvalue weighted by Crippen LogP contribution is -2.49. The van der Waals surface area contributed by atoms with E-state index < -0.39 is 47.7 Å². The number of rotatable bonds is 11. The minimum Gasteiger partial charge on any atom is -0.458 e. The van der Waals surface area contributed by atoms with E-state index in [9.17, 15) is 19.2 Å². The quantitative estimate of drug-likeness (QED) is 0.357. The number of hydrogen-bond donors (Lipinski definition) is 3. The van der Waals surface area contributed by atoms with Crippen LogP contribution in [0.1, 0.15) is 53.0 Å². The smallest absolute Gasteiger partial charge is 0.329 e. The predicted molar refractivity (Wildman–Crippen MR) is 114 cm³/mol. The van der Waals surface area contributed by atoms with Crippen molar-refractivity contribution in [2.45, 2.75) is 65.7 Å². The first-order chi connectivity index (χ1) is 14.4. The normalized spacial score (nSPS) is 13.2. The first kappa shape index (κ1) is 26.1. The van der Waals surface area contributed by atoms with E-state index in [1.807, 2.05) is 30.3 Å². The van der Waals surface area contributed by atoms with Crippen LogP contribution in [0.5, 0.6) is 0 Å². The number of nitrogens with one attached hydrogen (secondary N) is 2. The Bertz CT molecular complexity index is 758. The largest absolute Gasteiger partial charge is 0.458 e. The van der Waals surface area contributed by atoms with Crippen LogP contribution in [0.25, 0.3) is 0 Å². The first-order valence-electron chi connectivity index (χ1n) is 10.1. The van der Waals surface area contributed by atoms with Crippen LogP contribution in [0.15, 0.2) is 30.3 Å². The molecule has 0 saturated carbocycles. The van der Waals surface area contributed by atoms with Crippen molar-refractivity contribution in [1.82, 2.24) is 10.8 Å². The second-order valence-electron chi connectivity index (χ2n) is 8.62. The number of carbonyl (C=O) groups excluding carboxylic acids is 4. The fourth-order valence-electron chi connectivity index (χ4n) is 2.69. The third-order valence-electron chi connectivity index (χ3n) is 4.23. The molecule has 0 aliphatic rings. The molecule has 1 aromatic carbocycles. The summed E-state index contributed by atoms with van der Waals surface area (Å²) in [5.74, 6) is -3.52. The zero-order valence-corrected chi connectivity index (χ0v) is 18.8. The van der Waals surface area contributed by atoms with Gasteiger partial charge in [-0.15, -0.1) is 0 Å². The molecule has 0 aliphatic heterocycles. The lowest BCUT2D eigenvalue weighted by molar-refractivity contribution is -0.160. The number of benzene rings is 1. The second kappa shape index (κ2) is 12.0. The van der Waals surface area contributed by atoms with Crippen LogP contribution in [-0.4, -0.2) is 35.3 Å². The highest BCUT2D eigenvalue weighted by Gasteiger charge is 2.32. The molecule has 0 aromatic heterocycles. The molecule has 3 amide bonds. The molecule has 2 atom stereocenters. The monoisotopic (exact) mass is 435 g/mol. The fraction of sp³-hybridized carbons (Fsp3) is 0.545. The number of esters is 1. The fourth-order valence-corrected chi connectivity index (χ4v) is 2.69. The Morgan fingerprint density at radius 2 is 1.65 bits per heavy atom. The molecular weight excluding hydrogens is 402 g/mol. The average molecular weight is 436 g/mol. The number of primary amides is 1. The highest BCUT2D eigenvalue weighted by molar-refractivity contribution is 5.91. The molecule has 0 aliphatic carbocycles. The number of nitrogens with two attached hydrogens (primary N) is 1. The summed E-state index contributed by atoms with van der Waals surface area (Å²) in [5.41, 5.74) is 7.62. The highest BCUT2D eigenvalue weighted by Crippen LogP contribution is 2.17. The minimum atomic E-state index is -1.23. The number of amides is 3. The molecular formula is C22H33N3O6. The van der Waals surface area contributed by atoms with Gasteiger partial charge in [-0.2, -0.15) is 0 Å². The summed E-state index contributed by atoms with van der Waals surface area (Å²) < 4.78 is 5.26. The molecule has 0 fully saturated rings. The molecule has 9 heteroatoms. The average Bonchev–Trinajstić information content (AvgIpc) is 2.64. The maximum Gasteiger partial charge on any atom is 0.329 e. The standard InChI is InChI=1S/C22H33N3O6/c1-14(2)16(11-19(27)25-30-13-15-9-7-6-8-10-15)20(28)24-17(12-18(23)26)21(29)31-22(3,4)5/h6-10,14,16-17H,11-13H2,1-5H3,(H2,23,26)(H,24,28)(H,25,27)/t16?,17-/m0/s1. The number of hydroxylamine groups is 1. The Morgan fingerprint density at radius 3 is 2.16 bits per heavy atom. The second-order valence-corrected chi connectivity index (χ2v) is 8.62. The van der Waals surface area contributed by atoms with Gasteiger partial charge in [0.15, 0.2) is 0 Å². The summed E-state index contributed by atoms with van der Waals surface area (Å²) in [6, 6.07) is 8.05. The highest BCUT2D eigenvalue weighted by atomic mass is 16.6. The zero-order valence-electron chi connectivity index (χ0n) is 18.8. The molecule has 4 N–H and O–H groups in total. The van der Waals surface area contributed by atoms with Gasteiger partial charge in [0, 0.05) is 12.3 Å².